The smallest absolute Gasteiger partial charge is 0.340 e. The summed E-state index contributed by atoms with van der Waals surface area (Å²) in [6.07, 6.45) is 4.45. The Morgan fingerprint density at radius 3 is 2.62 bits per heavy atom. The molecule has 0 saturated carbocycles. The lowest BCUT2D eigenvalue weighted by Gasteiger charge is -2.16. The van der Waals surface area contributed by atoms with Gasteiger partial charge < -0.3 is 15.4 Å². The van der Waals surface area contributed by atoms with Crippen LogP contribution in [0.3, 0.4) is 0 Å². The van der Waals surface area contributed by atoms with Crippen LogP contribution in [-0.4, -0.2) is 43.8 Å². The van der Waals surface area contributed by atoms with Crippen molar-refractivity contribution in [3.05, 3.63) is 59.7 Å². The van der Waals surface area contributed by atoms with Crippen molar-refractivity contribution in [2.45, 2.75) is 19.9 Å². The maximum absolute atomic E-state index is 14.1. The first kappa shape index (κ1) is 19.9. The van der Waals surface area contributed by atoms with E-state index in [4.69, 9.17) is 0 Å². The van der Waals surface area contributed by atoms with E-state index in [-0.39, 0.29) is 11.3 Å². The fourth-order valence-electron chi connectivity index (χ4n) is 2.60. The average Bonchev–Trinajstić information content (AvgIpc) is 3.20. The highest BCUT2D eigenvalue weighted by molar-refractivity contribution is 5.93. The number of esters is 1. The van der Waals surface area contributed by atoms with Gasteiger partial charge >= 0.3 is 12.0 Å². The number of aryl methyl sites for hydroxylation is 1. The number of hydrogen-bond acceptors (Lipinski definition) is 7. The number of nitrogens with zero attached hydrogens (tertiary/aromatic N) is 5. The summed E-state index contributed by atoms with van der Waals surface area (Å²) in [6.45, 7) is 3.34. The summed E-state index contributed by atoms with van der Waals surface area (Å²) in [4.78, 5) is 36.3. The van der Waals surface area contributed by atoms with Crippen LogP contribution in [0.1, 0.15) is 34.7 Å². The molecule has 3 rings (SSSR count). The average molecular weight is 399 g/mol. The number of benzene rings is 1. The molecule has 1 atom stereocenters. The molecule has 0 bridgehead atoms. The summed E-state index contributed by atoms with van der Waals surface area (Å²) in [7, 11) is 1.16. The number of rotatable bonds is 5. The van der Waals surface area contributed by atoms with Crippen molar-refractivity contribution in [2.75, 3.05) is 12.4 Å². The summed E-state index contributed by atoms with van der Waals surface area (Å²) in [5.41, 5.74) is 0.503. The molecule has 11 heteroatoms. The Hall–Kier alpha value is -3.89. The first-order chi connectivity index (χ1) is 13.9. The van der Waals surface area contributed by atoms with Crippen LogP contribution in [0.15, 0.2) is 36.9 Å². The van der Waals surface area contributed by atoms with Crippen molar-refractivity contribution in [3.8, 4) is 5.95 Å². The molecule has 0 unspecified atom stereocenters. The van der Waals surface area contributed by atoms with Gasteiger partial charge in [0.05, 0.1) is 18.7 Å². The minimum Gasteiger partial charge on any atom is -0.465 e. The number of ether oxygens (including phenoxy) is 1. The first-order valence-electron chi connectivity index (χ1n) is 8.54. The summed E-state index contributed by atoms with van der Waals surface area (Å²) in [6, 6.07) is 2.90. The van der Waals surface area contributed by atoms with Gasteiger partial charge in [-0.1, -0.05) is 0 Å². The Kier molecular flexibility index (Phi) is 5.77. The standard InChI is InChI=1S/C18H18FN7O3/c1-10-7-12(16(27)29-3)13(19)8-14(10)25-18(28)24-11(2)15-22-9-23-26(15)17-20-5-4-6-21-17/h4-9,11H,1-3H3,(H2,24,25,28)/t11-/m0/s1. The van der Waals surface area contributed by atoms with Gasteiger partial charge in [-0.15, -0.1) is 0 Å². The van der Waals surface area contributed by atoms with Gasteiger partial charge in [0, 0.05) is 18.1 Å². The topological polar surface area (TPSA) is 124 Å². The molecule has 29 heavy (non-hydrogen) atoms. The molecule has 0 spiro atoms. The van der Waals surface area contributed by atoms with E-state index in [9.17, 15) is 14.0 Å². The van der Waals surface area contributed by atoms with E-state index in [0.29, 0.717) is 17.3 Å². The van der Waals surface area contributed by atoms with Crippen LogP contribution < -0.4 is 10.6 Å². The Morgan fingerprint density at radius 2 is 1.93 bits per heavy atom. The number of halogens is 1. The van der Waals surface area contributed by atoms with Crippen LogP contribution in [0.25, 0.3) is 5.95 Å². The van der Waals surface area contributed by atoms with Gasteiger partial charge in [0.25, 0.3) is 5.95 Å². The number of carbonyl (C=O) groups excluding carboxylic acids is 2. The van der Waals surface area contributed by atoms with Gasteiger partial charge in [-0.25, -0.2) is 28.9 Å². The molecule has 2 heterocycles. The van der Waals surface area contributed by atoms with Crippen LogP contribution in [0.4, 0.5) is 14.9 Å². The lowest BCUT2D eigenvalue weighted by Crippen LogP contribution is -2.33. The second-order valence-corrected chi connectivity index (χ2v) is 6.04. The van der Waals surface area contributed by atoms with Crippen molar-refractivity contribution in [2.24, 2.45) is 0 Å². The minimum absolute atomic E-state index is 0.208. The third-order valence-corrected chi connectivity index (χ3v) is 4.02. The molecular weight excluding hydrogens is 381 g/mol. The second-order valence-electron chi connectivity index (χ2n) is 6.04. The molecule has 1 aromatic carbocycles. The Balaban J connectivity index is 1.73. The molecule has 0 aliphatic carbocycles. The number of nitrogens with one attached hydrogen (secondary N) is 2. The minimum atomic E-state index is -0.799. The van der Waals surface area contributed by atoms with Crippen LogP contribution in [0.5, 0.6) is 0 Å². The van der Waals surface area contributed by atoms with Crippen LogP contribution in [-0.2, 0) is 4.74 Å². The Bertz CT molecular complexity index is 1040. The molecule has 2 N–H and O–H groups in total. The zero-order chi connectivity index (χ0) is 21.0. The maximum atomic E-state index is 14.1. The monoisotopic (exact) mass is 399 g/mol. The van der Waals surface area contributed by atoms with Gasteiger partial charge in [-0.3, -0.25) is 0 Å². The highest BCUT2D eigenvalue weighted by Gasteiger charge is 2.20. The van der Waals surface area contributed by atoms with Gasteiger partial charge in [0.15, 0.2) is 5.82 Å². The van der Waals surface area contributed by atoms with E-state index in [2.05, 4.69) is 35.4 Å². The molecule has 0 aliphatic rings. The van der Waals surface area contributed by atoms with Crippen molar-refractivity contribution >= 4 is 17.7 Å². The Labute approximate surface area is 165 Å². The van der Waals surface area contributed by atoms with Gasteiger partial charge in [-0.05, 0) is 37.6 Å². The van der Waals surface area contributed by atoms with Crippen LogP contribution in [0, 0.1) is 12.7 Å². The molecule has 2 amide bonds. The quantitative estimate of drug-likeness (QED) is 0.630. The predicted molar refractivity (Wildman–Crippen MR) is 100.0 cm³/mol. The number of hydrogen-bond donors (Lipinski definition) is 2. The van der Waals surface area contributed by atoms with E-state index < -0.39 is 23.9 Å². The largest absolute Gasteiger partial charge is 0.465 e. The van der Waals surface area contributed by atoms with Crippen LogP contribution in [0.2, 0.25) is 0 Å². The van der Waals surface area contributed by atoms with Crippen molar-refractivity contribution in [1.29, 1.82) is 0 Å². The lowest BCUT2D eigenvalue weighted by atomic mass is 10.1. The molecule has 0 saturated heterocycles. The first-order valence-corrected chi connectivity index (χ1v) is 8.54. The van der Waals surface area contributed by atoms with E-state index in [1.165, 1.54) is 17.1 Å². The molecule has 0 aliphatic heterocycles. The number of methoxy groups -OCH3 is 1. The number of carbonyl (C=O) groups is 2. The number of aromatic nitrogens is 5. The molecule has 150 valence electrons. The molecule has 0 fully saturated rings. The summed E-state index contributed by atoms with van der Waals surface area (Å²) < 4.78 is 20.1. The van der Waals surface area contributed by atoms with E-state index in [1.54, 1.807) is 32.3 Å². The van der Waals surface area contributed by atoms with E-state index >= 15 is 0 Å². The third-order valence-electron chi connectivity index (χ3n) is 4.02. The number of urea groups is 1. The summed E-state index contributed by atoms with van der Waals surface area (Å²) >= 11 is 0. The zero-order valence-electron chi connectivity index (χ0n) is 15.9. The van der Waals surface area contributed by atoms with E-state index in [1.807, 2.05) is 0 Å². The molecule has 3 aromatic rings. The highest BCUT2D eigenvalue weighted by atomic mass is 19.1. The number of amides is 2. The molecule has 10 nitrogen and oxygen atoms in total. The number of anilines is 1. The van der Waals surface area contributed by atoms with Crippen molar-refractivity contribution in [3.63, 3.8) is 0 Å². The normalized spacial score (nSPS) is 11.6. The van der Waals surface area contributed by atoms with Crippen molar-refractivity contribution in [1.82, 2.24) is 30.0 Å². The Morgan fingerprint density at radius 1 is 1.21 bits per heavy atom. The molecular formula is C18H18FN7O3. The molecule has 0 radical (unpaired) electrons. The third kappa shape index (κ3) is 4.34. The van der Waals surface area contributed by atoms with Gasteiger partial charge in [0.1, 0.15) is 12.1 Å². The van der Waals surface area contributed by atoms with Gasteiger partial charge in [-0.2, -0.15) is 9.78 Å². The van der Waals surface area contributed by atoms with Crippen molar-refractivity contribution < 1.29 is 18.7 Å². The van der Waals surface area contributed by atoms with E-state index in [0.717, 1.165) is 13.2 Å². The SMILES string of the molecule is COC(=O)c1cc(C)c(NC(=O)N[C@@H](C)c2ncnn2-c2ncccn2)cc1F. The fraction of sp³-hybridized carbons (Fsp3) is 0.222. The second kappa shape index (κ2) is 8.42. The lowest BCUT2D eigenvalue weighted by molar-refractivity contribution is 0.0595. The highest BCUT2D eigenvalue weighted by Crippen LogP contribution is 2.21. The molecule has 2 aromatic heterocycles. The summed E-state index contributed by atoms with van der Waals surface area (Å²) in [5.74, 6) is -0.870. The zero-order valence-corrected chi connectivity index (χ0v) is 15.9. The predicted octanol–water partition coefficient (Wildman–Crippen LogP) is 2.17. The fourth-order valence-corrected chi connectivity index (χ4v) is 2.60. The summed E-state index contributed by atoms with van der Waals surface area (Å²) in [5, 5.41) is 9.32. The maximum Gasteiger partial charge on any atom is 0.340 e. The van der Waals surface area contributed by atoms with Crippen LogP contribution >= 0.6 is 0 Å². The van der Waals surface area contributed by atoms with Gasteiger partial charge in [0.2, 0.25) is 0 Å².